The molecule has 1 aliphatic heterocycles. The smallest absolute Gasteiger partial charge is 0.258 e. The lowest BCUT2D eigenvalue weighted by Gasteiger charge is -2.36. The van der Waals surface area contributed by atoms with E-state index in [-0.39, 0.29) is 16.4 Å². The Bertz CT molecular complexity index is 1770. The molecule has 0 saturated carbocycles. The first-order chi connectivity index (χ1) is 25.3. The Morgan fingerprint density at radius 1 is 0.981 bits per heavy atom. The summed E-state index contributed by atoms with van der Waals surface area (Å²) >= 11 is 1.34. The van der Waals surface area contributed by atoms with Crippen molar-refractivity contribution in [3.63, 3.8) is 0 Å². The van der Waals surface area contributed by atoms with E-state index in [2.05, 4.69) is 22.9 Å². The van der Waals surface area contributed by atoms with Crippen molar-refractivity contribution in [1.29, 1.82) is 0 Å². The number of hydrogen-bond donors (Lipinski definition) is 8. The minimum atomic E-state index is -3.84. The van der Waals surface area contributed by atoms with Crippen molar-refractivity contribution in [2.24, 2.45) is 0 Å². The van der Waals surface area contributed by atoms with Crippen LogP contribution in [0.1, 0.15) is 68.3 Å². The molecule has 1 aliphatic rings. The molecular weight excluding hydrogens is 723 g/mol. The molecule has 7 atom stereocenters. The fourth-order valence-corrected chi connectivity index (χ4v) is 9.12. The highest BCUT2D eigenvalue weighted by atomic mass is 32.2. The highest BCUT2D eigenvalue weighted by molar-refractivity contribution is 7.98. The molecule has 15 heteroatoms. The number of rotatable bonds is 18. The number of sulfone groups is 1. The molecule has 0 fully saturated rings. The summed E-state index contributed by atoms with van der Waals surface area (Å²) in [5.41, 5.74) is 1.24. The zero-order chi connectivity index (χ0) is 38.8. The van der Waals surface area contributed by atoms with Gasteiger partial charge in [0.25, 0.3) is 5.91 Å². The maximum atomic E-state index is 14.2. The van der Waals surface area contributed by atoms with Crippen LogP contribution < -0.4 is 20.7 Å². The summed E-state index contributed by atoms with van der Waals surface area (Å²) < 4.78 is 34.4. The molecule has 0 radical (unpaired) electrons. The average Bonchev–Trinajstić information content (AvgIpc) is 3.27. The van der Waals surface area contributed by atoms with E-state index in [4.69, 9.17) is 9.84 Å². The van der Waals surface area contributed by atoms with E-state index >= 15 is 0 Å². The first-order valence-electron chi connectivity index (χ1n) is 17.6. The predicted molar refractivity (Wildman–Crippen MR) is 201 cm³/mol. The summed E-state index contributed by atoms with van der Waals surface area (Å²) in [6, 6.07) is 19.6. The number of amides is 2. The Morgan fingerprint density at radius 3 is 2.23 bits per heavy atom. The number of nitrogens with one attached hydrogen (secondary N) is 3. The number of unbranched alkanes of at least 4 members (excludes halogenated alkanes) is 1. The van der Waals surface area contributed by atoms with Gasteiger partial charge in [0.1, 0.15) is 30.1 Å². The van der Waals surface area contributed by atoms with Crippen LogP contribution in [0.5, 0.6) is 5.75 Å². The third-order valence-corrected chi connectivity index (χ3v) is 12.3. The van der Waals surface area contributed by atoms with Crippen LogP contribution in [0.4, 0.5) is 0 Å². The molecule has 2 amide bonds. The van der Waals surface area contributed by atoms with Crippen LogP contribution >= 0.6 is 11.8 Å². The van der Waals surface area contributed by atoms with Gasteiger partial charge in [-0.25, -0.2) is 8.42 Å². The van der Waals surface area contributed by atoms with Crippen molar-refractivity contribution >= 4 is 33.4 Å². The summed E-state index contributed by atoms with van der Waals surface area (Å²) in [5.74, 6) is -1.36. The number of ether oxygens (including phenoxy) is 1. The molecule has 7 unspecified atom stereocenters. The van der Waals surface area contributed by atoms with E-state index in [1.807, 2.05) is 43.5 Å². The van der Waals surface area contributed by atoms with E-state index in [0.717, 1.165) is 18.4 Å². The van der Waals surface area contributed by atoms with Crippen LogP contribution in [0.3, 0.4) is 0 Å². The van der Waals surface area contributed by atoms with Crippen molar-refractivity contribution in [3.05, 3.63) is 89.5 Å². The Labute approximate surface area is 315 Å². The van der Waals surface area contributed by atoms with Crippen LogP contribution in [0.15, 0.2) is 82.6 Å². The van der Waals surface area contributed by atoms with Crippen LogP contribution in [-0.2, 0) is 19.4 Å². The largest absolute Gasteiger partial charge is 0.483 e. The molecular formula is C38H51N3O10S2. The molecule has 0 aromatic heterocycles. The van der Waals surface area contributed by atoms with Crippen molar-refractivity contribution in [1.82, 2.24) is 16.0 Å². The second-order valence-corrected chi connectivity index (χ2v) is 16.1. The number of thioether (sulfide) groups is 1. The quantitative estimate of drug-likeness (QED) is 0.0873. The zero-order valence-electron chi connectivity index (χ0n) is 30.1. The third kappa shape index (κ3) is 10.6. The molecule has 0 aliphatic carbocycles. The Kier molecular flexibility index (Phi) is 15.3. The number of carbonyl (C=O) groups is 2. The highest BCUT2D eigenvalue weighted by Gasteiger charge is 2.42. The first kappa shape index (κ1) is 42.2. The van der Waals surface area contributed by atoms with E-state index in [9.17, 15) is 38.4 Å². The van der Waals surface area contributed by atoms with E-state index in [1.54, 1.807) is 36.4 Å². The van der Waals surface area contributed by atoms with E-state index in [1.165, 1.54) is 17.8 Å². The summed E-state index contributed by atoms with van der Waals surface area (Å²) in [5, 5.41) is 57.8. The molecule has 4 rings (SSSR count). The third-order valence-electron chi connectivity index (χ3n) is 9.55. The normalized spacial score (nSPS) is 20.9. The number of benzene rings is 3. The molecule has 3 aromatic rings. The fraction of sp³-hybridized carbons (Fsp3) is 0.474. The second kappa shape index (κ2) is 19.2. The Morgan fingerprint density at radius 2 is 1.62 bits per heavy atom. The fourth-order valence-electron chi connectivity index (χ4n) is 6.42. The number of hydrogen-bond acceptors (Lipinski definition) is 12. The summed E-state index contributed by atoms with van der Waals surface area (Å²) in [6.45, 7) is 2.10. The minimum absolute atomic E-state index is 0.105. The van der Waals surface area contributed by atoms with Crippen LogP contribution in [0.25, 0.3) is 0 Å². The summed E-state index contributed by atoms with van der Waals surface area (Å²) in [7, 11) is -3.84. The molecule has 3 aromatic carbocycles. The Hall–Kier alpha value is -3.54. The molecule has 0 saturated heterocycles. The van der Waals surface area contributed by atoms with Gasteiger partial charge in [-0.2, -0.15) is 0 Å². The van der Waals surface area contributed by atoms with Crippen LogP contribution in [0.2, 0.25) is 0 Å². The molecule has 1 heterocycles. The average molecular weight is 774 g/mol. The van der Waals surface area contributed by atoms with Gasteiger partial charge in [0.05, 0.1) is 29.4 Å². The molecule has 53 heavy (non-hydrogen) atoms. The lowest BCUT2D eigenvalue weighted by Crippen LogP contribution is -2.51. The minimum Gasteiger partial charge on any atom is -0.483 e. The summed E-state index contributed by atoms with van der Waals surface area (Å²) in [4.78, 5) is 27.4. The topological polar surface area (TPSA) is 215 Å². The lowest BCUT2D eigenvalue weighted by molar-refractivity contribution is -0.132. The van der Waals surface area contributed by atoms with Crippen molar-refractivity contribution < 1.29 is 48.3 Å². The van der Waals surface area contributed by atoms with E-state index < -0.39 is 83.4 Å². The zero-order valence-corrected chi connectivity index (χ0v) is 31.8. The molecule has 0 spiro atoms. The van der Waals surface area contributed by atoms with Gasteiger partial charge in [0.2, 0.25) is 5.91 Å². The number of fused-ring (bicyclic) bond motifs is 1. The molecule has 13 nitrogen and oxygen atoms in total. The van der Waals surface area contributed by atoms with Crippen LogP contribution in [-0.4, -0.2) is 107 Å². The van der Waals surface area contributed by atoms with Gasteiger partial charge in [0.15, 0.2) is 16.4 Å². The summed E-state index contributed by atoms with van der Waals surface area (Å²) in [6.07, 6.45) is -2.31. The lowest BCUT2D eigenvalue weighted by atomic mass is 9.88. The standard InChI is InChI=1S/C38H51N3O10S2/c1-4-6-17-38(5-2)23-53(49,50)31-19-29(30(52-3)18-26(31)33(41-38)24-13-9-7-10-14-24)51-22-32(45)40-34(25-15-11-8-12-16-25)37(48)39-20-27(43)35(46)36(47)28(44)21-42/h7-16,18-19,27-28,33-36,41-44,46-47H,4-6,17,20-23H2,1-3H3,(H,39,48)(H,40,45). The maximum Gasteiger partial charge on any atom is 0.258 e. The molecule has 0 bridgehead atoms. The highest BCUT2D eigenvalue weighted by Crippen LogP contribution is 2.42. The van der Waals surface area contributed by atoms with Gasteiger partial charge in [-0.3, -0.25) is 14.9 Å². The number of aliphatic hydroxyl groups excluding tert-OH is 5. The van der Waals surface area contributed by atoms with Crippen molar-refractivity contribution in [3.8, 4) is 5.75 Å². The maximum absolute atomic E-state index is 14.2. The van der Waals surface area contributed by atoms with Crippen LogP contribution in [0, 0.1) is 0 Å². The van der Waals surface area contributed by atoms with Crippen molar-refractivity contribution in [2.75, 3.05) is 31.8 Å². The molecule has 290 valence electrons. The van der Waals surface area contributed by atoms with Crippen molar-refractivity contribution in [2.45, 2.75) is 91.4 Å². The van der Waals surface area contributed by atoms with Gasteiger partial charge in [-0.15, -0.1) is 11.8 Å². The first-order valence-corrected chi connectivity index (χ1v) is 20.5. The van der Waals surface area contributed by atoms with E-state index in [0.29, 0.717) is 28.9 Å². The van der Waals surface area contributed by atoms with Gasteiger partial charge < -0.3 is 40.9 Å². The molecule has 8 N–H and O–H groups in total. The van der Waals surface area contributed by atoms with Gasteiger partial charge in [0, 0.05) is 23.0 Å². The SMILES string of the molecule is CCCCC1(CC)CS(=O)(=O)c2cc(OCC(=O)NC(C(=O)NCC(O)C(O)C(O)C(O)CO)c3ccccc3)c(SC)cc2C(c2ccccc2)N1. The second-order valence-electron chi connectivity index (χ2n) is 13.3. The predicted octanol–water partition coefficient (Wildman–Crippen LogP) is 2.00. The van der Waals surface area contributed by atoms with Gasteiger partial charge in [-0.05, 0) is 41.9 Å². The number of aliphatic hydroxyl groups is 5. The van der Waals surface area contributed by atoms with Gasteiger partial charge >= 0.3 is 0 Å². The van der Waals surface area contributed by atoms with Gasteiger partial charge in [-0.1, -0.05) is 87.4 Å². The Balaban J connectivity index is 1.58. The number of carbonyl (C=O) groups excluding carboxylic acids is 2. The monoisotopic (exact) mass is 773 g/mol.